The maximum atomic E-state index is 11.6. The van der Waals surface area contributed by atoms with E-state index >= 15 is 0 Å². The molecule has 0 saturated carbocycles. The molecule has 1 rings (SSSR count). The number of carboxylic acids is 1. The van der Waals surface area contributed by atoms with Crippen molar-refractivity contribution >= 4 is 12.0 Å². The molecule has 18 heavy (non-hydrogen) atoms. The fourth-order valence-electron chi connectivity index (χ4n) is 1.87. The fourth-order valence-corrected chi connectivity index (χ4v) is 1.87. The van der Waals surface area contributed by atoms with Gasteiger partial charge in [-0.1, -0.05) is 13.8 Å². The predicted octanol–water partition coefficient (Wildman–Crippen LogP) is 0.964. The number of carboxylic acid groups (broad SMARTS) is 1. The molecule has 0 aromatic rings. The Morgan fingerprint density at radius 1 is 1.44 bits per heavy atom. The molecule has 2 unspecified atom stereocenters. The molecule has 3 N–H and O–H groups in total. The SMILES string of the molecule is CC(C)C(CC(=O)O)NC(=O)NCC1CCCO1. The monoisotopic (exact) mass is 258 g/mol. The Labute approximate surface area is 107 Å². The van der Waals surface area contributed by atoms with Crippen LogP contribution in [0.15, 0.2) is 0 Å². The highest BCUT2D eigenvalue weighted by molar-refractivity contribution is 5.75. The zero-order valence-corrected chi connectivity index (χ0v) is 10.9. The molecular formula is C12H22N2O4. The first-order valence-corrected chi connectivity index (χ1v) is 6.36. The van der Waals surface area contributed by atoms with Gasteiger partial charge in [0, 0.05) is 19.2 Å². The first-order valence-electron chi connectivity index (χ1n) is 6.36. The minimum absolute atomic E-state index is 0.0645. The van der Waals surface area contributed by atoms with Crippen molar-refractivity contribution in [1.82, 2.24) is 10.6 Å². The van der Waals surface area contributed by atoms with E-state index in [-0.39, 0.29) is 30.5 Å². The van der Waals surface area contributed by atoms with Crippen LogP contribution in [0.4, 0.5) is 4.79 Å². The van der Waals surface area contributed by atoms with Crippen molar-refractivity contribution in [3.05, 3.63) is 0 Å². The van der Waals surface area contributed by atoms with Crippen LogP contribution in [0, 0.1) is 5.92 Å². The van der Waals surface area contributed by atoms with E-state index in [0.29, 0.717) is 6.54 Å². The summed E-state index contributed by atoms with van der Waals surface area (Å²) in [7, 11) is 0. The minimum atomic E-state index is -0.909. The van der Waals surface area contributed by atoms with Crippen LogP contribution in [0.5, 0.6) is 0 Å². The maximum absolute atomic E-state index is 11.6. The molecule has 0 aromatic heterocycles. The van der Waals surface area contributed by atoms with E-state index in [1.807, 2.05) is 13.8 Å². The average Bonchev–Trinajstić information content (AvgIpc) is 2.77. The van der Waals surface area contributed by atoms with Crippen molar-refractivity contribution in [2.45, 2.75) is 45.3 Å². The van der Waals surface area contributed by atoms with Gasteiger partial charge in [0.25, 0.3) is 0 Å². The predicted molar refractivity (Wildman–Crippen MR) is 66.4 cm³/mol. The Morgan fingerprint density at radius 2 is 2.17 bits per heavy atom. The van der Waals surface area contributed by atoms with Gasteiger partial charge in [0.2, 0.25) is 0 Å². The first kappa shape index (κ1) is 14.8. The Bertz CT molecular complexity index is 288. The second-order valence-corrected chi connectivity index (χ2v) is 4.94. The van der Waals surface area contributed by atoms with Gasteiger partial charge in [-0.3, -0.25) is 4.79 Å². The summed E-state index contributed by atoms with van der Waals surface area (Å²) in [6, 6.07) is -0.683. The van der Waals surface area contributed by atoms with Crippen molar-refractivity contribution in [3.63, 3.8) is 0 Å². The van der Waals surface area contributed by atoms with Crippen molar-refractivity contribution in [2.75, 3.05) is 13.2 Å². The number of hydrogen-bond acceptors (Lipinski definition) is 3. The number of hydrogen-bond donors (Lipinski definition) is 3. The van der Waals surface area contributed by atoms with Gasteiger partial charge >= 0.3 is 12.0 Å². The molecule has 1 aliphatic heterocycles. The summed E-state index contributed by atoms with van der Waals surface area (Å²) < 4.78 is 5.38. The molecule has 0 bridgehead atoms. The van der Waals surface area contributed by atoms with E-state index in [2.05, 4.69) is 10.6 Å². The summed E-state index contributed by atoms with van der Waals surface area (Å²) in [6.07, 6.45) is 2.02. The number of carbonyl (C=O) groups is 2. The lowest BCUT2D eigenvalue weighted by molar-refractivity contribution is -0.137. The largest absolute Gasteiger partial charge is 0.481 e. The number of urea groups is 1. The molecule has 104 valence electrons. The van der Waals surface area contributed by atoms with Crippen LogP contribution in [-0.4, -0.2) is 42.4 Å². The fraction of sp³-hybridized carbons (Fsp3) is 0.833. The van der Waals surface area contributed by atoms with Crippen LogP contribution in [0.2, 0.25) is 0 Å². The van der Waals surface area contributed by atoms with Gasteiger partial charge < -0.3 is 20.5 Å². The van der Waals surface area contributed by atoms with Crippen LogP contribution in [0.3, 0.4) is 0 Å². The van der Waals surface area contributed by atoms with Crippen LogP contribution in [0.1, 0.15) is 33.1 Å². The summed E-state index contributed by atoms with van der Waals surface area (Å²) in [6.45, 7) is 4.99. The second kappa shape index (κ2) is 7.20. The van der Waals surface area contributed by atoms with Crippen LogP contribution in [-0.2, 0) is 9.53 Å². The molecule has 1 aliphatic rings. The van der Waals surface area contributed by atoms with E-state index in [1.165, 1.54) is 0 Å². The molecule has 1 fully saturated rings. The molecule has 1 heterocycles. The lowest BCUT2D eigenvalue weighted by atomic mass is 10.0. The molecule has 0 aliphatic carbocycles. The standard InChI is InChI=1S/C12H22N2O4/c1-8(2)10(6-11(15)16)14-12(17)13-7-9-4-3-5-18-9/h8-10H,3-7H2,1-2H3,(H,15,16)(H2,13,14,17). The highest BCUT2D eigenvalue weighted by atomic mass is 16.5. The third kappa shape index (κ3) is 5.35. The topological polar surface area (TPSA) is 87.7 Å². The number of rotatable bonds is 6. The van der Waals surface area contributed by atoms with Gasteiger partial charge in [-0.15, -0.1) is 0 Å². The molecule has 6 heteroatoms. The first-order chi connectivity index (χ1) is 8.49. The minimum Gasteiger partial charge on any atom is -0.481 e. The molecule has 2 atom stereocenters. The Hall–Kier alpha value is -1.30. The molecule has 1 saturated heterocycles. The van der Waals surface area contributed by atoms with Gasteiger partial charge in [0.05, 0.1) is 12.5 Å². The highest BCUT2D eigenvalue weighted by Gasteiger charge is 2.20. The Morgan fingerprint density at radius 3 is 2.67 bits per heavy atom. The lowest BCUT2D eigenvalue weighted by Crippen LogP contribution is -2.47. The van der Waals surface area contributed by atoms with Crippen LogP contribution < -0.4 is 10.6 Å². The van der Waals surface area contributed by atoms with E-state index in [1.54, 1.807) is 0 Å². The number of amides is 2. The third-order valence-corrected chi connectivity index (χ3v) is 3.03. The molecule has 0 spiro atoms. The summed E-state index contributed by atoms with van der Waals surface area (Å²) in [5, 5.41) is 14.2. The Kier molecular flexibility index (Phi) is 5.91. The molecule has 2 amide bonds. The zero-order chi connectivity index (χ0) is 13.5. The second-order valence-electron chi connectivity index (χ2n) is 4.94. The van der Waals surface area contributed by atoms with Crippen LogP contribution in [0.25, 0.3) is 0 Å². The molecule has 0 aromatic carbocycles. The third-order valence-electron chi connectivity index (χ3n) is 3.03. The summed E-state index contributed by atoms with van der Waals surface area (Å²) in [5.74, 6) is -0.831. The highest BCUT2D eigenvalue weighted by Crippen LogP contribution is 2.10. The number of ether oxygens (including phenoxy) is 1. The number of aliphatic carboxylic acids is 1. The lowest BCUT2D eigenvalue weighted by Gasteiger charge is -2.21. The van der Waals surface area contributed by atoms with Gasteiger partial charge in [0.15, 0.2) is 0 Å². The van der Waals surface area contributed by atoms with E-state index in [9.17, 15) is 9.59 Å². The van der Waals surface area contributed by atoms with Crippen molar-refractivity contribution < 1.29 is 19.4 Å². The van der Waals surface area contributed by atoms with E-state index in [0.717, 1.165) is 19.4 Å². The van der Waals surface area contributed by atoms with E-state index < -0.39 is 5.97 Å². The number of carbonyl (C=O) groups excluding carboxylic acids is 1. The van der Waals surface area contributed by atoms with Gasteiger partial charge in [-0.2, -0.15) is 0 Å². The summed E-state index contributed by atoms with van der Waals surface area (Å²) >= 11 is 0. The molecular weight excluding hydrogens is 236 g/mol. The van der Waals surface area contributed by atoms with Crippen molar-refractivity contribution in [2.24, 2.45) is 5.92 Å². The summed E-state index contributed by atoms with van der Waals surface area (Å²) in [4.78, 5) is 22.3. The smallest absolute Gasteiger partial charge is 0.315 e. The zero-order valence-electron chi connectivity index (χ0n) is 10.9. The summed E-state index contributed by atoms with van der Waals surface area (Å²) in [5.41, 5.74) is 0. The van der Waals surface area contributed by atoms with Gasteiger partial charge in [0.1, 0.15) is 0 Å². The van der Waals surface area contributed by atoms with Gasteiger partial charge in [-0.25, -0.2) is 4.79 Å². The maximum Gasteiger partial charge on any atom is 0.315 e. The van der Waals surface area contributed by atoms with Crippen molar-refractivity contribution in [1.29, 1.82) is 0 Å². The van der Waals surface area contributed by atoms with E-state index in [4.69, 9.17) is 9.84 Å². The number of nitrogens with one attached hydrogen (secondary N) is 2. The van der Waals surface area contributed by atoms with Crippen molar-refractivity contribution in [3.8, 4) is 0 Å². The average molecular weight is 258 g/mol. The molecule has 6 nitrogen and oxygen atoms in total. The normalized spacial score (nSPS) is 20.7. The quantitative estimate of drug-likeness (QED) is 0.662. The van der Waals surface area contributed by atoms with Crippen LogP contribution >= 0.6 is 0 Å². The van der Waals surface area contributed by atoms with Gasteiger partial charge in [-0.05, 0) is 18.8 Å². The molecule has 0 radical (unpaired) electrons. The Balaban J connectivity index is 2.28.